The van der Waals surface area contributed by atoms with Crippen LogP contribution in [0.4, 0.5) is 0 Å². The number of nitrogens with zero attached hydrogens (tertiary/aromatic N) is 1. The van der Waals surface area contributed by atoms with Gasteiger partial charge in [0.05, 0.1) is 0 Å². The number of phenolic OH excluding ortho intramolecular Hbond substituents is 1. The lowest BCUT2D eigenvalue weighted by atomic mass is 9.96. The molecular weight excluding hydrogens is 242 g/mol. The van der Waals surface area contributed by atoms with Gasteiger partial charge in [0.2, 0.25) is 6.79 Å². The van der Waals surface area contributed by atoms with Crippen LogP contribution in [0.5, 0.6) is 17.2 Å². The molecule has 1 aromatic carbocycles. The second-order valence-corrected chi connectivity index (χ2v) is 5.64. The fraction of sp³-hybridized carbons (Fsp3) is 0.600. The molecule has 2 aliphatic heterocycles. The third-order valence-electron chi connectivity index (χ3n) is 4.30. The zero-order valence-electron chi connectivity index (χ0n) is 11.6. The van der Waals surface area contributed by atoms with E-state index in [-0.39, 0.29) is 6.79 Å². The first-order valence-corrected chi connectivity index (χ1v) is 7.02. The van der Waals surface area contributed by atoms with Gasteiger partial charge in [0.15, 0.2) is 11.5 Å². The summed E-state index contributed by atoms with van der Waals surface area (Å²) in [5, 5.41) is 10.1. The summed E-state index contributed by atoms with van der Waals surface area (Å²) in [4.78, 5) is 2.46. The maximum atomic E-state index is 10.1. The highest BCUT2D eigenvalue weighted by Gasteiger charge is 2.26. The van der Waals surface area contributed by atoms with Gasteiger partial charge in [0.25, 0.3) is 0 Å². The number of piperidine rings is 1. The molecule has 0 bridgehead atoms. The van der Waals surface area contributed by atoms with Gasteiger partial charge in [0.1, 0.15) is 5.75 Å². The largest absolute Gasteiger partial charge is 0.507 e. The molecular formula is C15H21NO3. The Labute approximate surface area is 113 Å². The molecule has 1 saturated heterocycles. The lowest BCUT2D eigenvalue weighted by molar-refractivity contribution is 0.0943. The van der Waals surface area contributed by atoms with E-state index in [2.05, 4.69) is 18.7 Å². The fourth-order valence-electron chi connectivity index (χ4n) is 3.08. The van der Waals surface area contributed by atoms with E-state index in [0.717, 1.165) is 17.9 Å². The monoisotopic (exact) mass is 263 g/mol. The first-order chi connectivity index (χ1) is 9.15. The highest BCUT2D eigenvalue weighted by molar-refractivity contribution is 5.51. The minimum atomic E-state index is 0.245. The van der Waals surface area contributed by atoms with Crippen LogP contribution in [-0.4, -0.2) is 28.9 Å². The highest BCUT2D eigenvalue weighted by Crippen LogP contribution is 2.38. The number of benzene rings is 1. The molecule has 1 fully saturated rings. The van der Waals surface area contributed by atoms with Crippen LogP contribution in [0, 0.1) is 0 Å². The Morgan fingerprint density at radius 1 is 1.16 bits per heavy atom. The number of rotatable bonds is 2. The summed E-state index contributed by atoms with van der Waals surface area (Å²) < 4.78 is 10.7. The second kappa shape index (κ2) is 4.93. The van der Waals surface area contributed by atoms with Gasteiger partial charge in [-0.25, -0.2) is 0 Å². The van der Waals surface area contributed by atoms with E-state index in [1.807, 2.05) is 6.07 Å². The molecule has 2 unspecified atom stereocenters. The molecule has 2 aliphatic rings. The van der Waals surface area contributed by atoms with Crippen molar-refractivity contribution in [3.8, 4) is 17.2 Å². The van der Waals surface area contributed by atoms with E-state index in [4.69, 9.17) is 9.47 Å². The molecule has 0 aliphatic carbocycles. The second-order valence-electron chi connectivity index (χ2n) is 5.64. The number of hydrogen-bond donors (Lipinski definition) is 1. The van der Waals surface area contributed by atoms with E-state index >= 15 is 0 Å². The predicted octanol–water partition coefficient (Wildman–Crippen LogP) is 2.88. The molecule has 2 heterocycles. The zero-order chi connectivity index (χ0) is 13.4. The summed E-state index contributed by atoms with van der Waals surface area (Å²) in [5.74, 6) is 1.68. The summed E-state index contributed by atoms with van der Waals surface area (Å²) in [7, 11) is 0. The van der Waals surface area contributed by atoms with Crippen molar-refractivity contribution < 1.29 is 14.6 Å². The van der Waals surface area contributed by atoms with Crippen molar-refractivity contribution in [3.63, 3.8) is 0 Å². The zero-order valence-corrected chi connectivity index (χ0v) is 11.6. The molecule has 3 rings (SSSR count). The van der Waals surface area contributed by atoms with Crippen molar-refractivity contribution in [1.82, 2.24) is 4.90 Å². The fourth-order valence-corrected chi connectivity index (χ4v) is 3.08. The number of fused-ring (bicyclic) bond motifs is 1. The summed E-state index contributed by atoms with van der Waals surface area (Å²) >= 11 is 0. The Morgan fingerprint density at radius 3 is 2.47 bits per heavy atom. The molecule has 104 valence electrons. The van der Waals surface area contributed by atoms with E-state index in [1.54, 1.807) is 6.07 Å². The average molecular weight is 263 g/mol. The lowest BCUT2D eigenvalue weighted by Gasteiger charge is -2.39. The van der Waals surface area contributed by atoms with Crippen LogP contribution in [0.25, 0.3) is 0 Å². The van der Waals surface area contributed by atoms with Crippen molar-refractivity contribution in [2.45, 2.75) is 51.7 Å². The molecule has 0 radical (unpaired) electrons. The standard InChI is InChI=1S/C15H21NO3/c1-10-4-3-5-11(2)16(10)8-12-6-14-15(7-13(12)17)19-9-18-14/h6-7,10-11,17H,3-5,8-9H2,1-2H3. The smallest absolute Gasteiger partial charge is 0.231 e. The molecule has 0 aromatic heterocycles. The predicted molar refractivity (Wildman–Crippen MR) is 72.5 cm³/mol. The maximum absolute atomic E-state index is 10.1. The summed E-state index contributed by atoms with van der Waals surface area (Å²) in [6.45, 7) is 5.54. The molecule has 0 saturated carbocycles. The van der Waals surface area contributed by atoms with Crippen LogP contribution < -0.4 is 9.47 Å². The molecule has 4 heteroatoms. The third-order valence-corrected chi connectivity index (χ3v) is 4.30. The van der Waals surface area contributed by atoms with Gasteiger partial charge in [-0.1, -0.05) is 6.42 Å². The first kappa shape index (κ1) is 12.6. The summed E-state index contributed by atoms with van der Waals surface area (Å²) in [6, 6.07) is 4.70. The number of hydrogen-bond acceptors (Lipinski definition) is 4. The van der Waals surface area contributed by atoms with Gasteiger partial charge in [0, 0.05) is 30.3 Å². The van der Waals surface area contributed by atoms with Gasteiger partial charge in [-0.15, -0.1) is 0 Å². The quantitative estimate of drug-likeness (QED) is 0.891. The van der Waals surface area contributed by atoms with Gasteiger partial charge < -0.3 is 14.6 Å². The Bertz CT molecular complexity index is 465. The van der Waals surface area contributed by atoms with Gasteiger partial charge in [-0.05, 0) is 32.8 Å². The molecule has 2 atom stereocenters. The first-order valence-electron chi connectivity index (χ1n) is 7.02. The number of ether oxygens (including phenoxy) is 2. The van der Waals surface area contributed by atoms with Crippen molar-refractivity contribution in [3.05, 3.63) is 17.7 Å². The Hall–Kier alpha value is -1.42. The minimum Gasteiger partial charge on any atom is -0.507 e. The van der Waals surface area contributed by atoms with Crippen LogP contribution >= 0.6 is 0 Å². The van der Waals surface area contributed by atoms with Crippen LogP contribution in [0.2, 0.25) is 0 Å². The van der Waals surface area contributed by atoms with E-state index in [1.165, 1.54) is 19.3 Å². The summed E-state index contributed by atoms with van der Waals surface area (Å²) in [5.41, 5.74) is 0.921. The molecule has 0 amide bonds. The van der Waals surface area contributed by atoms with Gasteiger partial charge in [-0.3, -0.25) is 4.90 Å². The average Bonchev–Trinajstić information content (AvgIpc) is 2.81. The highest BCUT2D eigenvalue weighted by atomic mass is 16.7. The molecule has 1 aromatic rings. The third kappa shape index (κ3) is 2.37. The van der Waals surface area contributed by atoms with Crippen LogP contribution in [0.15, 0.2) is 12.1 Å². The summed E-state index contributed by atoms with van der Waals surface area (Å²) in [6.07, 6.45) is 3.76. The molecule has 0 spiro atoms. The van der Waals surface area contributed by atoms with Crippen molar-refractivity contribution in [1.29, 1.82) is 0 Å². The van der Waals surface area contributed by atoms with E-state index in [0.29, 0.717) is 23.6 Å². The minimum absolute atomic E-state index is 0.245. The van der Waals surface area contributed by atoms with Crippen molar-refractivity contribution in [2.75, 3.05) is 6.79 Å². The number of phenols is 1. The Morgan fingerprint density at radius 2 is 1.79 bits per heavy atom. The number of aromatic hydroxyl groups is 1. The molecule has 19 heavy (non-hydrogen) atoms. The van der Waals surface area contributed by atoms with Gasteiger partial charge >= 0.3 is 0 Å². The Balaban J connectivity index is 1.82. The van der Waals surface area contributed by atoms with E-state index < -0.39 is 0 Å². The number of likely N-dealkylation sites (tertiary alicyclic amines) is 1. The van der Waals surface area contributed by atoms with Crippen molar-refractivity contribution in [2.24, 2.45) is 0 Å². The molecule has 1 N–H and O–H groups in total. The van der Waals surface area contributed by atoms with Crippen LogP contribution in [0.3, 0.4) is 0 Å². The SMILES string of the molecule is CC1CCCC(C)N1Cc1cc2c(cc1O)OCO2. The topological polar surface area (TPSA) is 41.9 Å². The maximum Gasteiger partial charge on any atom is 0.231 e. The van der Waals surface area contributed by atoms with Crippen LogP contribution in [-0.2, 0) is 6.54 Å². The van der Waals surface area contributed by atoms with Gasteiger partial charge in [-0.2, -0.15) is 0 Å². The van der Waals surface area contributed by atoms with E-state index in [9.17, 15) is 5.11 Å². The molecule has 4 nitrogen and oxygen atoms in total. The van der Waals surface area contributed by atoms with Crippen LogP contribution in [0.1, 0.15) is 38.7 Å². The normalized spacial score (nSPS) is 26.6. The lowest BCUT2D eigenvalue weighted by Crippen LogP contribution is -2.42. The van der Waals surface area contributed by atoms with Crippen molar-refractivity contribution >= 4 is 0 Å². The Kier molecular flexibility index (Phi) is 3.27.